The highest BCUT2D eigenvalue weighted by atomic mass is 35.5. The lowest BCUT2D eigenvalue weighted by atomic mass is 10.2. The highest BCUT2D eigenvalue weighted by molar-refractivity contribution is 6.31. The number of halogens is 2. The Morgan fingerprint density at radius 3 is 1.33 bits per heavy atom. The molecule has 16 heteroatoms. The second-order valence-electron chi connectivity index (χ2n) is 10.6. The summed E-state index contributed by atoms with van der Waals surface area (Å²) in [5.41, 5.74) is 4.12. The number of hydrogen-bond acceptors (Lipinski definition) is 11. The van der Waals surface area contributed by atoms with Gasteiger partial charge in [0.2, 0.25) is 10.6 Å². The quantitative estimate of drug-likeness (QED) is 0.158. The molecular formula is C35H38Cl2N14. The smallest absolute Gasteiger partial charge is 0.255 e. The van der Waals surface area contributed by atoms with Crippen LogP contribution >= 0.6 is 23.2 Å². The number of hydrogen-bond donors (Lipinski definition) is 1. The molecule has 0 amide bonds. The molecule has 0 fully saturated rings. The van der Waals surface area contributed by atoms with Crippen LogP contribution in [0.5, 0.6) is 0 Å². The van der Waals surface area contributed by atoms with Gasteiger partial charge in [0.05, 0.1) is 0 Å². The summed E-state index contributed by atoms with van der Waals surface area (Å²) in [4.78, 5) is 30.1. The maximum absolute atomic E-state index is 5.77. The monoisotopic (exact) mass is 724 g/mol. The Bertz CT molecular complexity index is 1920. The van der Waals surface area contributed by atoms with E-state index in [2.05, 4.69) is 99.9 Å². The molecule has 0 spiro atoms. The van der Waals surface area contributed by atoms with Crippen molar-refractivity contribution in [3.8, 4) is 34.7 Å². The Hall–Kier alpha value is -5.73. The van der Waals surface area contributed by atoms with Gasteiger partial charge in [0.1, 0.15) is 0 Å². The number of aromatic amines is 1. The van der Waals surface area contributed by atoms with E-state index < -0.39 is 0 Å². The Labute approximate surface area is 306 Å². The molecule has 0 bridgehead atoms. The lowest BCUT2D eigenvalue weighted by Crippen LogP contribution is -2.21. The van der Waals surface area contributed by atoms with Crippen molar-refractivity contribution < 1.29 is 0 Å². The highest BCUT2D eigenvalue weighted by Crippen LogP contribution is 2.23. The summed E-state index contributed by atoms with van der Waals surface area (Å²) < 4.78 is 3.23. The fraction of sp³-hybridized carbons (Fsp3) is 0.229. The molecule has 51 heavy (non-hydrogen) atoms. The van der Waals surface area contributed by atoms with Gasteiger partial charge < -0.3 is 9.80 Å². The van der Waals surface area contributed by atoms with E-state index in [4.69, 9.17) is 23.2 Å². The van der Waals surface area contributed by atoms with Crippen LogP contribution in [-0.4, -0.2) is 85.8 Å². The number of nitrogens with one attached hydrogen (secondary N) is 1. The molecule has 0 saturated carbocycles. The Kier molecular flexibility index (Phi) is 13.1. The van der Waals surface area contributed by atoms with Gasteiger partial charge in [0, 0.05) is 85.9 Å². The first-order chi connectivity index (χ1) is 24.9. The lowest BCUT2D eigenvalue weighted by molar-refractivity contribution is 0.747. The number of nitrogens with zero attached hydrogens (tertiary/aromatic N) is 13. The zero-order chi connectivity index (χ0) is 36.0. The molecule has 5 aromatic heterocycles. The fourth-order valence-electron chi connectivity index (χ4n) is 4.95. The van der Waals surface area contributed by atoms with Gasteiger partial charge in [-0.2, -0.15) is 45.2 Å². The third-order valence-electron chi connectivity index (χ3n) is 7.53. The third kappa shape index (κ3) is 9.93. The summed E-state index contributed by atoms with van der Waals surface area (Å²) in [6.07, 6.45) is 10.4. The molecule has 0 radical (unpaired) electrons. The molecule has 0 unspecified atom stereocenters. The molecule has 262 valence electrons. The molecule has 5 heterocycles. The van der Waals surface area contributed by atoms with Crippen molar-refractivity contribution >= 4 is 34.6 Å². The first-order valence-electron chi connectivity index (χ1n) is 16.4. The Balaban J connectivity index is 0.000000182. The Morgan fingerprint density at radius 2 is 1.00 bits per heavy atom. The lowest BCUT2D eigenvalue weighted by Gasteiger charge is -2.21. The van der Waals surface area contributed by atoms with Crippen LogP contribution in [0.4, 0.5) is 11.4 Å². The van der Waals surface area contributed by atoms with Crippen molar-refractivity contribution in [2.45, 2.75) is 27.7 Å². The minimum Gasteiger partial charge on any atom is -0.372 e. The Morgan fingerprint density at radius 1 is 0.549 bits per heavy atom. The molecule has 0 saturated heterocycles. The molecule has 0 aliphatic carbocycles. The van der Waals surface area contributed by atoms with Crippen molar-refractivity contribution in [2.75, 3.05) is 36.0 Å². The summed E-state index contributed by atoms with van der Waals surface area (Å²) in [7, 11) is 0. The van der Waals surface area contributed by atoms with Gasteiger partial charge in [-0.15, -0.1) is 0 Å². The van der Waals surface area contributed by atoms with Crippen LogP contribution in [0.2, 0.25) is 10.6 Å². The zero-order valence-electron chi connectivity index (χ0n) is 28.7. The van der Waals surface area contributed by atoms with E-state index in [0.717, 1.165) is 37.3 Å². The van der Waals surface area contributed by atoms with E-state index in [1.165, 1.54) is 11.4 Å². The highest BCUT2D eigenvalue weighted by Gasteiger charge is 2.13. The average Bonchev–Trinajstić information content (AvgIpc) is 3.99. The number of rotatable bonds is 10. The summed E-state index contributed by atoms with van der Waals surface area (Å²) >= 11 is 11.5. The maximum Gasteiger partial charge on any atom is 0.255 e. The van der Waals surface area contributed by atoms with Crippen LogP contribution in [-0.2, 0) is 0 Å². The number of benzene rings is 2. The minimum atomic E-state index is 0.0998. The number of H-pyrrole nitrogens is 1. The van der Waals surface area contributed by atoms with E-state index in [0.29, 0.717) is 23.5 Å². The van der Waals surface area contributed by atoms with Gasteiger partial charge in [0.25, 0.3) is 11.9 Å². The first kappa shape index (κ1) is 36.5. The van der Waals surface area contributed by atoms with E-state index in [1.807, 2.05) is 54.6 Å². The van der Waals surface area contributed by atoms with Crippen molar-refractivity contribution in [3.63, 3.8) is 0 Å². The zero-order valence-corrected chi connectivity index (χ0v) is 30.2. The van der Waals surface area contributed by atoms with Crippen molar-refractivity contribution in [3.05, 3.63) is 114 Å². The predicted octanol–water partition coefficient (Wildman–Crippen LogP) is 6.86. The van der Waals surface area contributed by atoms with Crippen molar-refractivity contribution in [1.29, 1.82) is 0 Å². The van der Waals surface area contributed by atoms with Gasteiger partial charge in [-0.3, -0.25) is 5.10 Å². The minimum absolute atomic E-state index is 0.0998. The van der Waals surface area contributed by atoms with Gasteiger partial charge in [-0.25, -0.2) is 9.36 Å². The first-order valence-corrected chi connectivity index (χ1v) is 17.2. The number of aromatic nitrogens is 12. The molecule has 0 aliphatic rings. The van der Waals surface area contributed by atoms with Crippen LogP contribution < -0.4 is 9.80 Å². The maximum atomic E-state index is 5.77. The van der Waals surface area contributed by atoms with Crippen LogP contribution in [0.1, 0.15) is 27.7 Å². The third-order valence-corrected chi connectivity index (χ3v) is 7.86. The van der Waals surface area contributed by atoms with E-state index in [9.17, 15) is 0 Å². The molecule has 0 atom stereocenters. The van der Waals surface area contributed by atoms with Gasteiger partial charge >= 0.3 is 0 Å². The van der Waals surface area contributed by atoms with Gasteiger partial charge in [-0.1, -0.05) is 0 Å². The molecule has 7 aromatic rings. The summed E-state index contributed by atoms with van der Waals surface area (Å²) in [6, 6.07) is 21.7. The van der Waals surface area contributed by atoms with Crippen LogP contribution in [0.15, 0.2) is 104 Å². The van der Waals surface area contributed by atoms with E-state index in [-0.39, 0.29) is 10.6 Å². The number of anilines is 2. The predicted molar refractivity (Wildman–Crippen MR) is 200 cm³/mol. The normalized spacial score (nSPS) is 10.5. The molecule has 0 aliphatic heterocycles. The summed E-state index contributed by atoms with van der Waals surface area (Å²) in [6.45, 7) is 12.4. The second-order valence-corrected chi connectivity index (χ2v) is 11.2. The summed E-state index contributed by atoms with van der Waals surface area (Å²) in [5, 5.41) is 14.9. The molecule has 14 nitrogen and oxygen atoms in total. The molecular weight excluding hydrogens is 687 g/mol. The van der Waals surface area contributed by atoms with Crippen LogP contribution in [0.3, 0.4) is 0 Å². The van der Waals surface area contributed by atoms with E-state index in [1.54, 1.807) is 46.5 Å². The van der Waals surface area contributed by atoms with Crippen molar-refractivity contribution in [1.82, 2.24) is 59.7 Å². The molecule has 1 N–H and O–H groups in total. The van der Waals surface area contributed by atoms with E-state index >= 15 is 0 Å². The average molecular weight is 726 g/mol. The SMILES string of the molecule is CCN(CC)c1ccc(-c2nc(-n3cccn3)nc(-n3cccn3)n2)cc1.CCN(CC)c1ccc(-c2nc(Cl)nc(Cl)n2)cc1.c1cn[nH]c1. The molecule has 7 rings (SSSR count). The fourth-order valence-corrected chi connectivity index (χ4v) is 5.32. The van der Waals surface area contributed by atoms with Crippen LogP contribution in [0, 0.1) is 0 Å². The van der Waals surface area contributed by atoms with Crippen molar-refractivity contribution in [2.24, 2.45) is 0 Å². The van der Waals surface area contributed by atoms with Gasteiger partial charge in [0.15, 0.2) is 11.6 Å². The molecule has 2 aromatic carbocycles. The van der Waals surface area contributed by atoms with Gasteiger partial charge in [-0.05, 0) is 118 Å². The largest absolute Gasteiger partial charge is 0.372 e. The second kappa shape index (κ2) is 18.3. The standard InChI is InChI=1S/C19H20N8.C13H14Cl2N4.C3H4N2/c1-3-25(4-2)16-9-7-15(8-10-16)17-22-18(26-13-5-11-20-26)24-19(23-17)27-14-6-12-21-27;1-3-19(4-2)10-7-5-9(6-8-10)11-16-12(14)18-13(15)17-11;1-2-4-5-3-1/h5-14H,3-4H2,1-2H3;5-8H,3-4H2,1-2H3;1-3H,(H,4,5). The summed E-state index contributed by atoms with van der Waals surface area (Å²) in [5.74, 6) is 1.95. The topological polar surface area (TPSA) is 148 Å². The van der Waals surface area contributed by atoms with Crippen LogP contribution in [0.25, 0.3) is 34.7 Å².